The standard InChI is InChI=1S/C23H23N3O4/c1-2-28-18-8-5-16(6-9-18)22-19-4-3-11-25(19)12-13-26(22)23(27)24-17-7-10-20-21(14-17)30-15-29-20/h3-11,14,22H,2,12-13,15H2,1H3,(H,24,27). The highest BCUT2D eigenvalue weighted by atomic mass is 16.7. The van der Waals surface area contributed by atoms with Gasteiger partial charge in [-0.25, -0.2) is 4.79 Å². The third-order valence-electron chi connectivity index (χ3n) is 5.43. The summed E-state index contributed by atoms with van der Waals surface area (Å²) in [7, 11) is 0. The van der Waals surface area contributed by atoms with Crippen LogP contribution < -0.4 is 19.5 Å². The fourth-order valence-electron chi connectivity index (χ4n) is 4.04. The molecule has 5 rings (SSSR count). The van der Waals surface area contributed by atoms with E-state index >= 15 is 0 Å². The SMILES string of the molecule is CCOc1ccc(C2c3cccn3CCN2C(=O)Nc2ccc3c(c2)OCO3)cc1. The molecule has 1 unspecified atom stereocenters. The van der Waals surface area contributed by atoms with Crippen LogP contribution in [0.25, 0.3) is 0 Å². The highest BCUT2D eigenvalue weighted by molar-refractivity contribution is 5.90. The van der Waals surface area contributed by atoms with E-state index < -0.39 is 0 Å². The molecule has 3 aromatic rings. The van der Waals surface area contributed by atoms with Gasteiger partial charge in [0.1, 0.15) is 5.75 Å². The largest absolute Gasteiger partial charge is 0.494 e. The van der Waals surface area contributed by atoms with Crippen LogP contribution >= 0.6 is 0 Å². The van der Waals surface area contributed by atoms with E-state index in [1.165, 1.54) is 0 Å². The number of benzene rings is 2. The number of aromatic nitrogens is 1. The van der Waals surface area contributed by atoms with Gasteiger partial charge in [-0.1, -0.05) is 12.1 Å². The second kappa shape index (κ2) is 7.67. The fraction of sp³-hybridized carbons (Fsp3) is 0.261. The van der Waals surface area contributed by atoms with Gasteiger partial charge in [-0.2, -0.15) is 0 Å². The summed E-state index contributed by atoms with van der Waals surface area (Å²) < 4.78 is 18.5. The van der Waals surface area contributed by atoms with E-state index in [0.29, 0.717) is 30.3 Å². The molecule has 1 N–H and O–H groups in total. The number of rotatable bonds is 4. The molecular weight excluding hydrogens is 382 g/mol. The minimum atomic E-state index is -0.182. The Hall–Kier alpha value is -3.61. The van der Waals surface area contributed by atoms with E-state index in [1.54, 1.807) is 6.07 Å². The number of hydrogen-bond donors (Lipinski definition) is 1. The number of carbonyl (C=O) groups excluding carboxylic acids is 1. The molecule has 7 nitrogen and oxygen atoms in total. The first-order valence-corrected chi connectivity index (χ1v) is 10.1. The summed E-state index contributed by atoms with van der Waals surface area (Å²) in [5.41, 5.74) is 2.81. The molecule has 0 spiro atoms. The fourth-order valence-corrected chi connectivity index (χ4v) is 4.04. The average Bonchev–Trinajstić information content (AvgIpc) is 3.42. The predicted molar refractivity (Wildman–Crippen MR) is 112 cm³/mol. The van der Waals surface area contributed by atoms with Crippen LogP contribution in [0.1, 0.15) is 24.2 Å². The summed E-state index contributed by atoms with van der Waals surface area (Å²) in [5.74, 6) is 2.16. The van der Waals surface area contributed by atoms with Crippen LogP contribution in [-0.2, 0) is 6.54 Å². The highest BCUT2D eigenvalue weighted by Crippen LogP contribution is 2.36. The number of nitrogens with zero attached hydrogens (tertiary/aromatic N) is 2. The van der Waals surface area contributed by atoms with E-state index in [9.17, 15) is 4.79 Å². The van der Waals surface area contributed by atoms with Crippen molar-refractivity contribution in [2.45, 2.75) is 19.5 Å². The van der Waals surface area contributed by atoms with Gasteiger partial charge in [0.05, 0.1) is 12.6 Å². The number of hydrogen-bond acceptors (Lipinski definition) is 4. The van der Waals surface area contributed by atoms with Crippen LogP contribution in [0, 0.1) is 0 Å². The maximum absolute atomic E-state index is 13.3. The number of amides is 2. The van der Waals surface area contributed by atoms with Crippen molar-refractivity contribution in [1.29, 1.82) is 0 Å². The maximum Gasteiger partial charge on any atom is 0.322 e. The molecule has 154 valence electrons. The third-order valence-corrected chi connectivity index (χ3v) is 5.43. The Morgan fingerprint density at radius 2 is 1.93 bits per heavy atom. The lowest BCUT2D eigenvalue weighted by atomic mass is 10.00. The minimum Gasteiger partial charge on any atom is -0.494 e. The molecule has 2 aliphatic heterocycles. The summed E-state index contributed by atoms with van der Waals surface area (Å²) in [6.07, 6.45) is 2.06. The molecule has 7 heteroatoms. The van der Waals surface area contributed by atoms with Crippen LogP contribution in [0.4, 0.5) is 10.5 Å². The lowest BCUT2D eigenvalue weighted by molar-refractivity contribution is 0.174. The normalized spacial score (nSPS) is 16.8. The number of anilines is 1. The molecule has 2 aliphatic rings. The van der Waals surface area contributed by atoms with Gasteiger partial charge in [0.2, 0.25) is 6.79 Å². The number of carbonyl (C=O) groups is 1. The summed E-state index contributed by atoms with van der Waals surface area (Å²) in [4.78, 5) is 15.1. The average molecular weight is 405 g/mol. The molecule has 0 aliphatic carbocycles. The Bertz CT molecular complexity index is 1060. The van der Waals surface area contributed by atoms with Gasteiger partial charge < -0.3 is 29.0 Å². The second-order valence-corrected chi connectivity index (χ2v) is 7.22. The van der Waals surface area contributed by atoms with Gasteiger partial charge >= 0.3 is 6.03 Å². The molecule has 0 saturated heterocycles. The lowest BCUT2D eigenvalue weighted by Gasteiger charge is -2.37. The molecule has 1 aromatic heterocycles. The Morgan fingerprint density at radius 3 is 2.77 bits per heavy atom. The summed E-state index contributed by atoms with van der Waals surface area (Å²) in [6, 6.07) is 17.1. The molecule has 2 amide bonds. The van der Waals surface area contributed by atoms with E-state index in [1.807, 2.05) is 54.3 Å². The van der Waals surface area contributed by atoms with Gasteiger partial charge in [0, 0.05) is 36.7 Å². The van der Waals surface area contributed by atoms with Gasteiger partial charge in [-0.15, -0.1) is 0 Å². The van der Waals surface area contributed by atoms with E-state index in [2.05, 4.69) is 22.1 Å². The van der Waals surface area contributed by atoms with Gasteiger partial charge in [-0.3, -0.25) is 0 Å². The first-order chi connectivity index (χ1) is 14.7. The summed E-state index contributed by atoms with van der Waals surface area (Å²) in [6.45, 7) is 4.15. The smallest absolute Gasteiger partial charge is 0.322 e. The highest BCUT2D eigenvalue weighted by Gasteiger charge is 2.32. The van der Waals surface area contributed by atoms with E-state index in [-0.39, 0.29) is 18.9 Å². The monoisotopic (exact) mass is 405 g/mol. The second-order valence-electron chi connectivity index (χ2n) is 7.22. The van der Waals surface area contributed by atoms with Gasteiger partial charge in [0.25, 0.3) is 0 Å². The third kappa shape index (κ3) is 3.32. The van der Waals surface area contributed by atoms with Crippen LogP contribution in [0.3, 0.4) is 0 Å². The van der Waals surface area contributed by atoms with Crippen molar-refractivity contribution in [2.75, 3.05) is 25.3 Å². The topological polar surface area (TPSA) is 65.0 Å². The number of urea groups is 1. The van der Waals surface area contributed by atoms with E-state index in [4.69, 9.17) is 14.2 Å². The van der Waals surface area contributed by atoms with Crippen molar-refractivity contribution in [3.63, 3.8) is 0 Å². The molecule has 0 fully saturated rings. The van der Waals surface area contributed by atoms with Crippen LogP contribution in [-0.4, -0.2) is 35.4 Å². The molecule has 3 heterocycles. The first-order valence-electron chi connectivity index (χ1n) is 10.1. The molecule has 30 heavy (non-hydrogen) atoms. The van der Waals surface area contributed by atoms with Crippen molar-refractivity contribution in [3.05, 3.63) is 72.1 Å². The number of nitrogens with one attached hydrogen (secondary N) is 1. The molecule has 0 radical (unpaired) electrons. The zero-order valence-corrected chi connectivity index (χ0v) is 16.7. The predicted octanol–water partition coefficient (Wildman–Crippen LogP) is 4.25. The van der Waals surface area contributed by atoms with Crippen LogP contribution in [0.15, 0.2) is 60.8 Å². The van der Waals surface area contributed by atoms with Crippen molar-refractivity contribution in [3.8, 4) is 17.2 Å². The van der Waals surface area contributed by atoms with Gasteiger partial charge in [0.15, 0.2) is 11.5 Å². The van der Waals surface area contributed by atoms with Crippen LogP contribution in [0.5, 0.6) is 17.2 Å². The Balaban J connectivity index is 1.43. The van der Waals surface area contributed by atoms with Crippen molar-refractivity contribution in [2.24, 2.45) is 0 Å². The molecule has 1 atom stereocenters. The number of fused-ring (bicyclic) bond motifs is 2. The first kappa shape index (κ1) is 18.4. The lowest BCUT2D eigenvalue weighted by Crippen LogP contribution is -2.44. The quantitative estimate of drug-likeness (QED) is 0.705. The maximum atomic E-state index is 13.3. The molecule has 0 bridgehead atoms. The molecular formula is C23H23N3O4. The summed E-state index contributed by atoms with van der Waals surface area (Å²) >= 11 is 0. The van der Waals surface area contributed by atoms with Crippen molar-refractivity contribution in [1.82, 2.24) is 9.47 Å². The Labute approximate surface area is 174 Å². The molecule has 2 aromatic carbocycles. The zero-order chi connectivity index (χ0) is 20.5. The minimum absolute atomic E-state index is 0.153. The Kier molecular flexibility index (Phi) is 4.71. The van der Waals surface area contributed by atoms with Gasteiger partial charge in [-0.05, 0) is 48.9 Å². The van der Waals surface area contributed by atoms with Crippen LogP contribution in [0.2, 0.25) is 0 Å². The van der Waals surface area contributed by atoms with Crippen molar-refractivity contribution >= 4 is 11.7 Å². The number of ether oxygens (including phenoxy) is 3. The zero-order valence-electron chi connectivity index (χ0n) is 16.7. The molecule has 0 saturated carbocycles. The Morgan fingerprint density at radius 1 is 1.10 bits per heavy atom. The summed E-state index contributed by atoms with van der Waals surface area (Å²) in [5, 5.41) is 3.01. The van der Waals surface area contributed by atoms with Crippen molar-refractivity contribution < 1.29 is 19.0 Å². The van der Waals surface area contributed by atoms with E-state index in [0.717, 1.165) is 23.6 Å².